The quantitative estimate of drug-likeness (QED) is 0.662. The first-order chi connectivity index (χ1) is 12.0. The Morgan fingerprint density at radius 3 is 2.60 bits per heavy atom. The van der Waals surface area contributed by atoms with E-state index in [4.69, 9.17) is 4.74 Å². The van der Waals surface area contributed by atoms with Gasteiger partial charge < -0.3 is 14.2 Å². The lowest BCUT2D eigenvalue weighted by atomic mass is 9.96. The Morgan fingerprint density at radius 2 is 1.92 bits per heavy atom. The predicted octanol–water partition coefficient (Wildman–Crippen LogP) is 1.53. The molecule has 5 nitrogen and oxygen atoms in total. The lowest BCUT2D eigenvalue weighted by molar-refractivity contribution is -0.897. The smallest absolute Gasteiger partial charge is 0.309 e. The molecule has 0 atom stereocenters. The first kappa shape index (κ1) is 17.7. The van der Waals surface area contributed by atoms with Crippen LogP contribution in [0.4, 0.5) is 0 Å². The molecule has 1 aromatic heterocycles. The van der Waals surface area contributed by atoms with Crippen molar-refractivity contribution >= 4 is 22.7 Å². The molecule has 0 radical (unpaired) electrons. The second-order valence-electron chi connectivity index (χ2n) is 6.91. The van der Waals surface area contributed by atoms with Crippen molar-refractivity contribution in [1.82, 2.24) is 4.57 Å². The molecule has 1 N–H and O–H groups in total. The molecule has 1 aliphatic rings. The molecule has 25 heavy (non-hydrogen) atoms. The van der Waals surface area contributed by atoms with Gasteiger partial charge in [-0.3, -0.25) is 9.59 Å². The maximum atomic E-state index is 13.0. The number of carbonyl (C=O) groups is 2. The summed E-state index contributed by atoms with van der Waals surface area (Å²) >= 11 is 0. The van der Waals surface area contributed by atoms with Gasteiger partial charge in [-0.2, -0.15) is 0 Å². The highest BCUT2D eigenvalue weighted by molar-refractivity contribution is 6.10. The maximum Gasteiger partial charge on any atom is 0.309 e. The van der Waals surface area contributed by atoms with Crippen LogP contribution in [0.15, 0.2) is 24.3 Å². The number of carbonyl (C=O) groups excluding carboxylic acids is 2. The second-order valence-corrected chi connectivity index (χ2v) is 6.91. The molecule has 1 aromatic carbocycles. The number of likely N-dealkylation sites (tertiary alicyclic amines) is 1. The van der Waals surface area contributed by atoms with Crippen molar-refractivity contribution in [2.24, 2.45) is 13.0 Å². The molecule has 5 heteroatoms. The number of aryl methyl sites for hydroxylation is 1. The van der Waals surface area contributed by atoms with Crippen molar-refractivity contribution in [2.45, 2.75) is 26.7 Å². The van der Waals surface area contributed by atoms with E-state index in [1.807, 2.05) is 39.1 Å². The minimum absolute atomic E-state index is 0.00177. The van der Waals surface area contributed by atoms with E-state index in [2.05, 4.69) is 10.6 Å². The Hall–Kier alpha value is -2.14. The number of hydrogen-bond donors (Lipinski definition) is 1. The number of piperidine rings is 1. The monoisotopic (exact) mass is 343 g/mol. The Labute approximate surface area is 148 Å². The average molecular weight is 343 g/mol. The van der Waals surface area contributed by atoms with Crippen LogP contribution in [0.3, 0.4) is 0 Å². The minimum Gasteiger partial charge on any atom is -0.466 e. The number of hydrogen-bond acceptors (Lipinski definition) is 3. The number of quaternary nitrogens is 1. The van der Waals surface area contributed by atoms with Crippen LogP contribution < -0.4 is 4.90 Å². The van der Waals surface area contributed by atoms with E-state index < -0.39 is 0 Å². The van der Waals surface area contributed by atoms with Crippen LogP contribution in [-0.2, 0) is 16.6 Å². The predicted molar refractivity (Wildman–Crippen MR) is 96.9 cm³/mol. The number of ether oxygens (including phenoxy) is 1. The van der Waals surface area contributed by atoms with Gasteiger partial charge in [-0.15, -0.1) is 0 Å². The number of nitrogens with one attached hydrogen (secondary N) is 1. The van der Waals surface area contributed by atoms with Crippen LogP contribution in [0.5, 0.6) is 0 Å². The summed E-state index contributed by atoms with van der Waals surface area (Å²) in [5.74, 6) is 0.106. The summed E-state index contributed by atoms with van der Waals surface area (Å²) in [5, 5.41) is 1.04. The molecular formula is C20H27N2O3+. The van der Waals surface area contributed by atoms with Crippen LogP contribution >= 0.6 is 0 Å². The van der Waals surface area contributed by atoms with E-state index >= 15 is 0 Å². The molecule has 3 rings (SSSR count). The van der Waals surface area contributed by atoms with Crippen LogP contribution in [0.2, 0.25) is 0 Å². The lowest BCUT2D eigenvalue weighted by Gasteiger charge is -2.27. The number of rotatable bonds is 5. The van der Waals surface area contributed by atoms with Crippen LogP contribution in [0, 0.1) is 12.8 Å². The second kappa shape index (κ2) is 7.40. The molecule has 0 amide bonds. The number of aromatic nitrogens is 1. The van der Waals surface area contributed by atoms with Crippen LogP contribution in [0.25, 0.3) is 10.9 Å². The average Bonchev–Trinajstić information content (AvgIpc) is 2.87. The van der Waals surface area contributed by atoms with Crippen molar-refractivity contribution in [3.63, 3.8) is 0 Å². The third kappa shape index (κ3) is 3.47. The van der Waals surface area contributed by atoms with Gasteiger partial charge in [-0.1, -0.05) is 18.2 Å². The summed E-state index contributed by atoms with van der Waals surface area (Å²) in [6, 6.07) is 8.06. The Bertz CT molecular complexity index is 786. The van der Waals surface area contributed by atoms with E-state index in [1.54, 1.807) is 0 Å². The number of esters is 1. The lowest BCUT2D eigenvalue weighted by Crippen LogP contribution is -3.14. The fraction of sp³-hybridized carbons (Fsp3) is 0.500. The first-order valence-corrected chi connectivity index (χ1v) is 9.10. The topological polar surface area (TPSA) is 52.7 Å². The Balaban J connectivity index is 1.68. The normalized spacial score (nSPS) is 20.6. The number of ketones is 1. The zero-order chi connectivity index (χ0) is 18.0. The summed E-state index contributed by atoms with van der Waals surface area (Å²) in [6.45, 7) is 6.46. The Kier molecular flexibility index (Phi) is 5.23. The molecule has 0 aliphatic carbocycles. The zero-order valence-corrected chi connectivity index (χ0v) is 15.3. The Morgan fingerprint density at radius 1 is 1.24 bits per heavy atom. The number of nitrogens with zero attached hydrogens (tertiary/aromatic N) is 1. The molecule has 2 heterocycles. The van der Waals surface area contributed by atoms with Gasteiger partial charge in [-0.05, 0) is 19.9 Å². The summed E-state index contributed by atoms with van der Waals surface area (Å²) in [6.07, 6.45) is 1.60. The SMILES string of the molecule is CCOC(=O)C1CC[NH+](CC(=O)c2c(C)n(C)c3ccccc23)CC1. The van der Waals surface area contributed by atoms with Crippen molar-refractivity contribution in [3.8, 4) is 0 Å². The van der Waals surface area contributed by atoms with Crippen molar-refractivity contribution in [1.29, 1.82) is 0 Å². The highest BCUT2D eigenvalue weighted by Crippen LogP contribution is 2.24. The van der Waals surface area contributed by atoms with Crippen molar-refractivity contribution in [3.05, 3.63) is 35.5 Å². The van der Waals surface area contributed by atoms with Crippen molar-refractivity contribution < 1.29 is 19.2 Å². The highest BCUT2D eigenvalue weighted by Gasteiger charge is 2.30. The van der Waals surface area contributed by atoms with Gasteiger partial charge in [0.1, 0.15) is 6.54 Å². The number of Topliss-reactive ketones (excluding diaryl/α,β-unsaturated/α-hetero) is 1. The van der Waals surface area contributed by atoms with E-state index in [0.29, 0.717) is 13.2 Å². The fourth-order valence-corrected chi connectivity index (χ4v) is 3.89. The van der Waals surface area contributed by atoms with E-state index in [9.17, 15) is 9.59 Å². The van der Waals surface area contributed by atoms with Crippen LogP contribution in [0.1, 0.15) is 35.8 Å². The van der Waals surface area contributed by atoms with Gasteiger partial charge in [0.2, 0.25) is 5.78 Å². The highest BCUT2D eigenvalue weighted by atomic mass is 16.5. The summed E-state index contributed by atoms with van der Waals surface area (Å²) in [5.41, 5.74) is 2.96. The first-order valence-electron chi connectivity index (χ1n) is 9.10. The third-order valence-corrected chi connectivity index (χ3v) is 5.40. The van der Waals surface area contributed by atoms with Gasteiger partial charge in [0.25, 0.3) is 0 Å². The number of benzene rings is 1. The number of para-hydroxylation sites is 1. The molecule has 2 aromatic rings. The van der Waals surface area contributed by atoms with Gasteiger partial charge in [0.15, 0.2) is 0 Å². The molecule has 1 saturated heterocycles. The summed E-state index contributed by atoms with van der Waals surface area (Å²) < 4.78 is 7.20. The van der Waals surface area contributed by atoms with E-state index in [-0.39, 0.29) is 17.7 Å². The van der Waals surface area contributed by atoms with Crippen molar-refractivity contribution in [2.75, 3.05) is 26.2 Å². The molecular weight excluding hydrogens is 316 g/mol. The van der Waals surface area contributed by atoms with Gasteiger partial charge in [0.05, 0.1) is 31.2 Å². The summed E-state index contributed by atoms with van der Waals surface area (Å²) in [4.78, 5) is 26.1. The maximum absolute atomic E-state index is 13.0. The minimum atomic E-state index is -0.0854. The molecule has 1 aliphatic heterocycles. The van der Waals surface area contributed by atoms with Gasteiger partial charge >= 0.3 is 5.97 Å². The third-order valence-electron chi connectivity index (χ3n) is 5.40. The molecule has 0 bridgehead atoms. The molecule has 134 valence electrons. The van der Waals surface area contributed by atoms with E-state index in [0.717, 1.165) is 48.1 Å². The van der Waals surface area contributed by atoms with Gasteiger partial charge in [0, 0.05) is 36.5 Å². The molecule has 0 unspecified atom stereocenters. The summed E-state index contributed by atoms with van der Waals surface area (Å²) in [7, 11) is 2.01. The molecule has 0 spiro atoms. The fourth-order valence-electron chi connectivity index (χ4n) is 3.89. The standard InChI is InChI=1S/C20H26N2O3/c1-4-25-20(24)15-9-11-22(12-10-15)13-18(23)19-14(2)21(3)17-8-6-5-7-16(17)19/h5-8,15H,4,9-13H2,1-3H3/p+1. The molecule has 0 saturated carbocycles. The van der Waals surface area contributed by atoms with E-state index in [1.165, 1.54) is 4.90 Å². The largest absolute Gasteiger partial charge is 0.466 e. The van der Waals surface area contributed by atoms with Gasteiger partial charge in [-0.25, -0.2) is 0 Å². The molecule has 1 fully saturated rings. The van der Waals surface area contributed by atoms with Crippen LogP contribution in [-0.4, -0.2) is 42.6 Å². The zero-order valence-electron chi connectivity index (χ0n) is 15.3. The number of fused-ring (bicyclic) bond motifs is 1.